The minimum Gasteiger partial charge on any atom is -0.438 e. The summed E-state index contributed by atoms with van der Waals surface area (Å²) in [7, 11) is 0. The molecule has 0 bridgehead atoms. The molecule has 7 nitrogen and oxygen atoms in total. The van der Waals surface area contributed by atoms with Gasteiger partial charge in [-0.05, 0) is 18.6 Å². The van der Waals surface area contributed by atoms with Crippen molar-refractivity contribution in [1.82, 2.24) is 24.8 Å². The molecular formula is C19H15F2N5O2S. The van der Waals surface area contributed by atoms with Crippen molar-refractivity contribution in [1.29, 1.82) is 0 Å². The smallest absolute Gasteiger partial charge is 0.292 e. The van der Waals surface area contributed by atoms with Crippen LogP contribution in [-0.4, -0.2) is 37.3 Å². The number of hydrogen-bond acceptors (Lipinski definition) is 6. The lowest BCUT2D eigenvalue weighted by atomic mass is 10.0. The Balaban J connectivity index is 1.63. The van der Waals surface area contributed by atoms with Crippen LogP contribution in [0.3, 0.4) is 0 Å². The highest BCUT2D eigenvalue weighted by Gasteiger charge is 2.39. The number of para-hydroxylation sites is 1. The number of thiazole rings is 1. The molecule has 4 aromatic rings. The van der Waals surface area contributed by atoms with Crippen molar-refractivity contribution in [2.24, 2.45) is 0 Å². The van der Waals surface area contributed by atoms with E-state index in [2.05, 4.69) is 15.0 Å². The predicted octanol–water partition coefficient (Wildman–Crippen LogP) is 4.04. The minimum absolute atomic E-state index is 0.316. The minimum atomic E-state index is -2.90. The number of aryl methyl sites for hydroxylation is 1. The SMILES string of the molecule is Cc1cccc2sc([C@@H]3c4nc[nH]c4CCN3C(=O)c3ocnc3C(F)F)nc12. The number of imidazole rings is 1. The second-order valence-electron chi connectivity index (χ2n) is 6.76. The van der Waals surface area contributed by atoms with Gasteiger partial charge in [0.1, 0.15) is 11.0 Å². The quantitative estimate of drug-likeness (QED) is 0.546. The molecule has 0 aliphatic carbocycles. The number of aromatic nitrogens is 4. The average molecular weight is 415 g/mol. The monoisotopic (exact) mass is 415 g/mol. The predicted molar refractivity (Wildman–Crippen MR) is 101 cm³/mol. The summed E-state index contributed by atoms with van der Waals surface area (Å²) in [6, 6.07) is 5.30. The molecule has 0 unspecified atom stereocenters. The molecule has 10 heteroatoms. The van der Waals surface area contributed by atoms with Crippen LogP contribution < -0.4 is 0 Å². The highest BCUT2D eigenvalue weighted by molar-refractivity contribution is 7.18. The van der Waals surface area contributed by atoms with Gasteiger partial charge in [0.25, 0.3) is 12.3 Å². The number of oxazole rings is 1. The van der Waals surface area contributed by atoms with Crippen LogP contribution in [-0.2, 0) is 6.42 Å². The van der Waals surface area contributed by atoms with Crippen LogP contribution in [0.25, 0.3) is 10.2 Å². The van der Waals surface area contributed by atoms with Crippen LogP contribution in [0.15, 0.2) is 35.3 Å². The zero-order valence-electron chi connectivity index (χ0n) is 15.2. The van der Waals surface area contributed by atoms with E-state index in [0.29, 0.717) is 23.7 Å². The Morgan fingerprint density at radius 1 is 1.38 bits per heavy atom. The van der Waals surface area contributed by atoms with Gasteiger partial charge in [0.05, 0.1) is 22.2 Å². The number of halogens is 2. The molecule has 1 N–H and O–H groups in total. The van der Waals surface area contributed by atoms with E-state index in [0.717, 1.165) is 27.9 Å². The number of nitrogens with one attached hydrogen (secondary N) is 1. The van der Waals surface area contributed by atoms with Crippen molar-refractivity contribution < 1.29 is 18.0 Å². The van der Waals surface area contributed by atoms with Gasteiger partial charge in [-0.3, -0.25) is 4.79 Å². The Hall–Kier alpha value is -3.14. The van der Waals surface area contributed by atoms with E-state index in [4.69, 9.17) is 9.40 Å². The molecule has 1 aliphatic rings. The Morgan fingerprint density at radius 2 is 2.24 bits per heavy atom. The lowest BCUT2D eigenvalue weighted by Crippen LogP contribution is -2.41. The molecule has 29 heavy (non-hydrogen) atoms. The van der Waals surface area contributed by atoms with Gasteiger partial charge in [0.15, 0.2) is 12.1 Å². The van der Waals surface area contributed by atoms with Gasteiger partial charge in [-0.15, -0.1) is 11.3 Å². The first-order chi connectivity index (χ1) is 14.0. The lowest BCUT2D eigenvalue weighted by Gasteiger charge is -2.33. The van der Waals surface area contributed by atoms with Gasteiger partial charge in [-0.2, -0.15) is 0 Å². The molecule has 1 amide bonds. The number of benzene rings is 1. The lowest BCUT2D eigenvalue weighted by molar-refractivity contribution is 0.0642. The van der Waals surface area contributed by atoms with Crippen LogP contribution in [0, 0.1) is 6.92 Å². The maximum atomic E-state index is 13.3. The fourth-order valence-corrected chi connectivity index (χ4v) is 4.83. The summed E-state index contributed by atoms with van der Waals surface area (Å²) < 4.78 is 32.6. The number of nitrogens with zero attached hydrogens (tertiary/aromatic N) is 4. The number of rotatable bonds is 3. The summed E-state index contributed by atoms with van der Waals surface area (Å²) in [5.41, 5.74) is 2.80. The van der Waals surface area contributed by atoms with E-state index in [1.54, 1.807) is 6.33 Å². The number of amides is 1. The molecule has 0 saturated carbocycles. The number of H-pyrrole nitrogens is 1. The number of carbonyl (C=O) groups excluding carboxylic acids is 1. The summed E-state index contributed by atoms with van der Waals surface area (Å²) in [5.74, 6) is -1.09. The summed E-state index contributed by atoms with van der Waals surface area (Å²) in [4.78, 5) is 30.4. The Kier molecular flexibility index (Phi) is 4.16. The fourth-order valence-electron chi connectivity index (χ4n) is 3.67. The molecule has 148 valence electrons. The third-order valence-electron chi connectivity index (χ3n) is 5.05. The zero-order valence-corrected chi connectivity index (χ0v) is 16.0. The first-order valence-corrected chi connectivity index (χ1v) is 9.77. The zero-order chi connectivity index (χ0) is 20.1. The first-order valence-electron chi connectivity index (χ1n) is 8.95. The molecule has 0 radical (unpaired) electrons. The molecule has 0 fully saturated rings. The van der Waals surface area contributed by atoms with Crippen LogP contribution in [0.1, 0.15) is 50.7 Å². The molecule has 0 saturated heterocycles. The summed E-state index contributed by atoms with van der Waals surface area (Å²) in [6.07, 6.45) is 0.0689. The van der Waals surface area contributed by atoms with Crippen LogP contribution in [0.2, 0.25) is 0 Å². The second-order valence-corrected chi connectivity index (χ2v) is 7.82. The van der Waals surface area contributed by atoms with Gasteiger partial charge < -0.3 is 14.3 Å². The van der Waals surface area contributed by atoms with Crippen LogP contribution >= 0.6 is 11.3 Å². The molecule has 0 spiro atoms. The average Bonchev–Trinajstić information content (AvgIpc) is 3.44. The van der Waals surface area contributed by atoms with E-state index in [1.165, 1.54) is 16.2 Å². The number of fused-ring (bicyclic) bond motifs is 2. The number of aromatic amines is 1. The van der Waals surface area contributed by atoms with Gasteiger partial charge >= 0.3 is 0 Å². The topological polar surface area (TPSA) is 87.9 Å². The van der Waals surface area contributed by atoms with Crippen molar-refractivity contribution in [3.05, 3.63) is 64.3 Å². The second kappa shape index (κ2) is 6.73. The van der Waals surface area contributed by atoms with Gasteiger partial charge in [-0.1, -0.05) is 12.1 Å². The van der Waals surface area contributed by atoms with Crippen molar-refractivity contribution in [2.75, 3.05) is 6.54 Å². The molecule has 1 atom stereocenters. The Morgan fingerprint density at radius 3 is 3.03 bits per heavy atom. The van der Waals surface area contributed by atoms with E-state index in [-0.39, 0.29) is 0 Å². The standard InChI is InChI=1S/C19H15F2N5O2S/c1-9-3-2-4-11-12(9)25-18(29-11)15-13-10(22-7-23-13)5-6-26(15)19(27)16-14(17(20)21)24-8-28-16/h2-4,7-8,15,17H,5-6H2,1H3,(H,22,23)/t15-/m0/s1. The summed E-state index contributed by atoms with van der Waals surface area (Å²) in [6.45, 7) is 2.29. The normalized spacial score (nSPS) is 16.6. The summed E-state index contributed by atoms with van der Waals surface area (Å²) >= 11 is 1.46. The van der Waals surface area contributed by atoms with E-state index in [9.17, 15) is 13.6 Å². The molecule has 1 aliphatic heterocycles. The molecular weight excluding hydrogens is 400 g/mol. The van der Waals surface area contributed by atoms with E-state index in [1.807, 2.05) is 25.1 Å². The van der Waals surface area contributed by atoms with Crippen molar-refractivity contribution in [2.45, 2.75) is 25.8 Å². The van der Waals surface area contributed by atoms with Gasteiger partial charge in [0, 0.05) is 18.7 Å². The molecule has 3 aromatic heterocycles. The highest BCUT2D eigenvalue weighted by Crippen LogP contribution is 2.39. The third-order valence-corrected chi connectivity index (χ3v) is 6.13. The maximum Gasteiger partial charge on any atom is 0.292 e. The number of hydrogen-bond donors (Lipinski definition) is 1. The number of carbonyl (C=O) groups is 1. The van der Waals surface area contributed by atoms with Crippen molar-refractivity contribution in [3.63, 3.8) is 0 Å². The largest absolute Gasteiger partial charge is 0.438 e. The van der Waals surface area contributed by atoms with E-state index < -0.39 is 29.8 Å². The van der Waals surface area contributed by atoms with Crippen molar-refractivity contribution in [3.8, 4) is 0 Å². The van der Waals surface area contributed by atoms with Crippen molar-refractivity contribution >= 4 is 27.5 Å². The van der Waals surface area contributed by atoms with Gasteiger partial charge in [-0.25, -0.2) is 23.7 Å². The van der Waals surface area contributed by atoms with Crippen LogP contribution in [0.5, 0.6) is 0 Å². The van der Waals surface area contributed by atoms with Crippen LogP contribution in [0.4, 0.5) is 8.78 Å². The Labute approximate surface area is 167 Å². The summed E-state index contributed by atoms with van der Waals surface area (Å²) in [5, 5.41) is 0.675. The Bertz CT molecular complexity index is 1210. The van der Waals surface area contributed by atoms with E-state index >= 15 is 0 Å². The molecule has 1 aromatic carbocycles. The number of alkyl halides is 2. The molecule has 5 rings (SSSR count). The first kappa shape index (κ1) is 17.9. The van der Waals surface area contributed by atoms with Gasteiger partial charge in [0.2, 0.25) is 5.76 Å². The highest BCUT2D eigenvalue weighted by atomic mass is 32.1. The third kappa shape index (κ3) is 2.82. The maximum absolute atomic E-state index is 13.3. The fraction of sp³-hybridized carbons (Fsp3) is 0.263. The molecule has 4 heterocycles.